The predicted molar refractivity (Wildman–Crippen MR) is 165 cm³/mol. The van der Waals surface area contributed by atoms with Crippen LogP contribution >= 0.6 is 21.2 Å². The van der Waals surface area contributed by atoms with Gasteiger partial charge in [-0.15, -0.1) is 0 Å². The second-order valence-corrected chi connectivity index (χ2v) is 24.9. The molecule has 0 saturated carbocycles. The zero-order valence-electron chi connectivity index (χ0n) is 20.6. The van der Waals surface area contributed by atoms with Crippen molar-refractivity contribution in [1.29, 1.82) is 0 Å². The van der Waals surface area contributed by atoms with Crippen LogP contribution in [-0.4, -0.2) is 6.66 Å². The fourth-order valence-electron chi connectivity index (χ4n) is 5.85. The summed E-state index contributed by atoms with van der Waals surface area (Å²) in [4.78, 5) is 0. The van der Waals surface area contributed by atoms with Gasteiger partial charge in [0, 0.05) is 6.66 Å². The van der Waals surface area contributed by atoms with Gasteiger partial charge in [-0.1, -0.05) is 97.1 Å². The molecule has 176 valence electrons. The number of fused-ring (bicyclic) bond motifs is 1. The zero-order chi connectivity index (χ0) is 24.4. The summed E-state index contributed by atoms with van der Waals surface area (Å²) in [7, 11) is -0.443. The van der Waals surface area contributed by atoms with Crippen molar-refractivity contribution in [2.75, 3.05) is 6.66 Å². The summed E-state index contributed by atoms with van der Waals surface area (Å²) < 4.78 is 0. The van der Waals surface area contributed by atoms with E-state index in [1.807, 2.05) is 0 Å². The fraction of sp³-hybridized carbons (Fsp3) is 0.0909. The maximum atomic E-state index is 2.67. The lowest BCUT2D eigenvalue weighted by Gasteiger charge is -2.36. The van der Waals surface area contributed by atoms with E-state index in [9.17, 15) is 0 Å². The molecule has 0 saturated heterocycles. The third-order valence-electron chi connectivity index (χ3n) is 7.64. The van der Waals surface area contributed by atoms with Gasteiger partial charge in [-0.2, -0.15) is 0 Å². The first kappa shape index (κ1) is 23.8. The number of rotatable bonds is 4. The minimum Gasteiger partial charge on any atom is -0.0620 e. The van der Waals surface area contributed by atoms with Gasteiger partial charge in [0.05, 0.1) is 12.3 Å². The van der Waals surface area contributed by atoms with Gasteiger partial charge in [0.2, 0.25) is 7.30 Å². The fourth-order valence-corrected chi connectivity index (χ4v) is 32.6. The highest BCUT2D eigenvalue weighted by Crippen LogP contribution is 3.02. The van der Waals surface area contributed by atoms with E-state index >= 15 is 0 Å². The quantitative estimate of drug-likeness (QED) is 0.211. The van der Waals surface area contributed by atoms with E-state index < -0.39 is 21.2 Å². The molecule has 0 bridgehead atoms. The van der Waals surface area contributed by atoms with E-state index in [2.05, 4.69) is 152 Å². The Hall–Kier alpha value is -2.61. The van der Waals surface area contributed by atoms with Crippen molar-refractivity contribution in [3.8, 4) is 0 Å². The molecule has 1 aliphatic rings. The molecule has 0 atom stereocenters. The highest BCUT2D eigenvalue weighted by Gasteiger charge is 2.67. The van der Waals surface area contributed by atoms with Crippen molar-refractivity contribution in [1.82, 2.24) is 0 Å². The highest BCUT2D eigenvalue weighted by atomic mass is 32.5. The number of benzene rings is 5. The molecule has 0 radical (unpaired) electrons. The average molecular weight is 521 g/mol. The summed E-state index contributed by atoms with van der Waals surface area (Å²) in [5.41, 5.74) is 3.09. The Balaban J connectivity index is 1.76. The van der Waals surface area contributed by atoms with Crippen LogP contribution in [0.25, 0.3) is 0 Å². The first-order chi connectivity index (χ1) is 17.7. The largest absolute Gasteiger partial charge is 0.227 e. The Bertz CT molecular complexity index is 1240. The molecule has 3 heteroatoms. The third kappa shape index (κ3) is 3.88. The molecule has 5 aromatic rings. The van der Waals surface area contributed by atoms with Crippen LogP contribution in [0.5, 0.6) is 0 Å². The van der Waals surface area contributed by atoms with Crippen LogP contribution in [0.2, 0.25) is 0 Å². The maximum Gasteiger partial charge on any atom is 0.227 e. The Morgan fingerprint density at radius 2 is 0.639 bits per heavy atom. The van der Waals surface area contributed by atoms with Gasteiger partial charge in [-0.25, -0.2) is 0 Å². The van der Waals surface area contributed by atoms with Crippen molar-refractivity contribution in [2.24, 2.45) is 0 Å². The molecular formula is C33H31P3+2. The van der Waals surface area contributed by atoms with Crippen LogP contribution in [0.3, 0.4) is 0 Å². The van der Waals surface area contributed by atoms with E-state index in [1.54, 1.807) is 32.3 Å². The summed E-state index contributed by atoms with van der Waals surface area (Å²) in [6.45, 7) is -0.931. The topological polar surface area (TPSA) is 0 Å². The monoisotopic (exact) mass is 520 g/mol. The molecule has 0 N–H and O–H groups in total. The van der Waals surface area contributed by atoms with E-state index in [1.165, 1.54) is 0 Å². The Kier molecular flexibility index (Phi) is 6.63. The molecule has 36 heavy (non-hydrogen) atoms. The third-order valence-corrected chi connectivity index (χ3v) is 30.9. The van der Waals surface area contributed by atoms with Gasteiger partial charge in [0.15, 0.2) is 0 Å². The number of hydrogen-bond acceptors (Lipinski definition) is 0. The summed E-state index contributed by atoms with van der Waals surface area (Å²) >= 11 is 0. The van der Waals surface area contributed by atoms with Crippen molar-refractivity contribution in [2.45, 2.75) is 12.3 Å². The van der Waals surface area contributed by atoms with Crippen molar-refractivity contribution in [3.05, 3.63) is 157 Å². The lowest BCUT2D eigenvalue weighted by atomic mass is 10.1. The molecule has 0 spiro atoms. The average Bonchev–Trinajstić information content (AvgIpc) is 3.08. The molecule has 1 aliphatic heterocycles. The molecule has 0 unspecified atom stereocenters. The molecule has 0 aromatic heterocycles. The molecule has 5 aromatic carbocycles. The van der Waals surface area contributed by atoms with Gasteiger partial charge in [0.1, 0.15) is 35.1 Å². The van der Waals surface area contributed by atoms with Gasteiger partial charge in [-0.3, -0.25) is 0 Å². The minimum atomic E-state index is -1.80. The molecule has 0 fully saturated rings. The minimum absolute atomic E-state index is 0.443. The second kappa shape index (κ2) is 10.0. The lowest BCUT2D eigenvalue weighted by Crippen LogP contribution is -2.27. The van der Waals surface area contributed by atoms with E-state index in [-0.39, 0.29) is 0 Å². The smallest absolute Gasteiger partial charge is 0.0620 e. The summed E-state index contributed by atoms with van der Waals surface area (Å²) in [6.07, 6.45) is 2.28. The van der Waals surface area contributed by atoms with E-state index in [0.29, 0.717) is 0 Å². The SMILES string of the molecule is CP1[P+](c2ccccc2)(c2ccccc2)Cc2ccccc2C[P+]1(c1ccccc1)c1ccccc1. The van der Waals surface area contributed by atoms with E-state index in [4.69, 9.17) is 0 Å². The molecule has 6 rings (SSSR count). The Labute approximate surface area is 217 Å². The van der Waals surface area contributed by atoms with E-state index in [0.717, 1.165) is 12.3 Å². The Morgan fingerprint density at radius 3 is 0.917 bits per heavy atom. The molecular weight excluding hydrogens is 489 g/mol. The van der Waals surface area contributed by atoms with Crippen LogP contribution in [0, 0.1) is 0 Å². The van der Waals surface area contributed by atoms with Crippen LogP contribution < -0.4 is 21.2 Å². The number of hydrogen-bond donors (Lipinski definition) is 0. The van der Waals surface area contributed by atoms with Gasteiger partial charge >= 0.3 is 0 Å². The normalized spacial score (nSPS) is 16.6. The second-order valence-electron chi connectivity index (χ2n) is 9.46. The summed E-state index contributed by atoms with van der Waals surface area (Å²) in [6, 6.07) is 55.5. The molecule has 0 nitrogen and oxygen atoms in total. The summed E-state index contributed by atoms with van der Waals surface area (Å²) in [5, 5.41) is 6.21. The molecule has 0 amide bonds. The first-order valence-electron chi connectivity index (χ1n) is 12.6. The first-order valence-corrected chi connectivity index (χ1v) is 19.7. The van der Waals surface area contributed by atoms with Crippen molar-refractivity contribution in [3.63, 3.8) is 0 Å². The van der Waals surface area contributed by atoms with Gasteiger partial charge < -0.3 is 0 Å². The molecule has 0 aliphatic carbocycles. The Morgan fingerprint density at radius 1 is 0.389 bits per heavy atom. The van der Waals surface area contributed by atoms with Crippen molar-refractivity contribution >= 4 is 42.4 Å². The highest BCUT2D eigenvalue weighted by molar-refractivity contribution is 8.75. The van der Waals surface area contributed by atoms with Crippen LogP contribution in [0.15, 0.2) is 146 Å². The zero-order valence-corrected chi connectivity index (χ0v) is 23.3. The standard InChI is InChI=1S/C33H31P3/c1-34-35(30-18-6-2-7-19-30,31-20-8-3-9-21-31)26-28-16-14-15-17-29(28)27-36(34,32-22-10-4-11-23-32)33-24-12-5-13-25-33/h2-25H,26-27H2,1H3/q+2. The van der Waals surface area contributed by atoms with Crippen LogP contribution in [-0.2, 0) is 12.3 Å². The maximum absolute atomic E-state index is 2.67. The van der Waals surface area contributed by atoms with Crippen molar-refractivity contribution < 1.29 is 0 Å². The van der Waals surface area contributed by atoms with Crippen LogP contribution in [0.4, 0.5) is 0 Å². The molecule has 1 heterocycles. The van der Waals surface area contributed by atoms with Crippen LogP contribution in [0.1, 0.15) is 11.1 Å². The lowest BCUT2D eigenvalue weighted by molar-refractivity contribution is 1.27. The summed E-state index contributed by atoms with van der Waals surface area (Å²) in [5.74, 6) is 0. The van der Waals surface area contributed by atoms with Gasteiger partial charge in [-0.05, 0) is 59.7 Å². The predicted octanol–water partition coefficient (Wildman–Crippen LogP) is 7.98. The van der Waals surface area contributed by atoms with Gasteiger partial charge in [0.25, 0.3) is 0 Å².